The summed E-state index contributed by atoms with van der Waals surface area (Å²) >= 11 is 0. The lowest BCUT2D eigenvalue weighted by atomic mass is 10.1. The maximum atomic E-state index is 13.0. The molecular formula is C12H17FN4O2. The summed E-state index contributed by atoms with van der Waals surface area (Å²) in [7, 11) is 0. The van der Waals surface area contributed by atoms with Gasteiger partial charge in [-0.25, -0.2) is 10.2 Å². The topological polar surface area (TPSA) is 98.4 Å². The second-order valence-electron chi connectivity index (χ2n) is 4.26. The molecule has 19 heavy (non-hydrogen) atoms. The fraction of sp³-hybridized carbons (Fsp3) is 0.333. The van der Waals surface area contributed by atoms with Crippen LogP contribution in [-0.4, -0.2) is 22.6 Å². The summed E-state index contributed by atoms with van der Waals surface area (Å²) in [5.74, 6) is 5.68. The summed E-state index contributed by atoms with van der Waals surface area (Å²) in [6.07, 6.45) is 1.80. The van der Waals surface area contributed by atoms with Crippen LogP contribution in [0.25, 0.3) is 0 Å². The van der Waals surface area contributed by atoms with Gasteiger partial charge in [0, 0.05) is 24.0 Å². The number of alkyl halides is 1. The lowest BCUT2D eigenvalue weighted by molar-refractivity contribution is -0.384. The Balaban J connectivity index is 2.75. The summed E-state index contributed by atoms with van der Waals surface area (Å²) in [6, 6.07) is 5.40. The first kappa shape index (κ1) is 14.9. The van der Waals surface area contributed by atoms with Gasteiger partial charge in [0.05, 0.1) is 11.0 Å². The van der Waals surface area contributed by atoms with Gasteiger partial charge in [0.1, 0.15) is 6.67 Å². The Morgan fingerprint density at radius 2 is 2.11 bits per heavy atom. The van der Waals surface area contributed by atoms with Crippen LogP contribution in [0.1, 0.15) is 12.5 Å². The van der Waals surface area contributed by atoms with Crippen molar-refractivity contribution in [3.05, 3.63) is 51.8 Å². The number of nitrogens with zero attached hydrogens (tertiary/aromatic N) is 2. The Kier molecular flexibility index (Phi) is 5.25. The molecule has 0 saturated carbocycles. The van der Waals surface area contributed by atoms with E-state index >= 15 is 0 Å². The van der Waals surface area contributed by atoms with Crippen LogP contribution in [-0.2, 0) is 6.42 Å². The van der Waals surface area contributed by atoms with E-state index in [9.17, 15) is 14.5 Å². The highest BCUT2D eigenvalue weighted by molar-refractivity contribution is 5.33. The minimum absolute atomic E-state index is 0.00264. The number of nitro groups is 1. The normalized spacial score (nSPS) is 13.1. The monoisotopic (exact) mass is 268 g/mol. The van der Waals surface area contributed by atoms with Gasteiger partial charge in [0.2, 0.25) is 0 Å². The lowest BCUT2D eigenvalue weighted by Crippen LogP contribution is -2.40. The van der Waals surface area contributed by atoms with Crippen molar-refractivity contribution in [1.29, 1.82) is 0 Å². The summed E-state index contributed by atoms with van der Waals surface area (Å²) in [5.41, 5.74) is 6.72. The van der Waals surface area contributed by atoms with Gasteiger partial charge >= 0.3 is 0 Å². The maximum Gasteiger partial charge on any atom is 0.269 e. The smallest absolute Gasteiger partial charge is 0.269 e. The molecule has 1 rings (SSSR count). The Morgan fingerprint density at radius 3 is 2.53 bits per heavy atom. The van der Waals surface area contributed by atoms with Crippen molar-refractivity contribution in [3.8, 4) is 0 Å². The van der Waals surface area contributed by atoms with Gasteiger partial charge in [-0.05, 0) is 18.9 Å². The second-order valence-corrected chi connectivity index (χ2v) is 4.26. The van der Waals surface area contributed by atoms with Crippen LogP contribution in [0.15, 0.2) is 36.2 Å². The molecule has 0 bridgehead atoms. The number of hydrogen-bond acceptors (Lipinski definition) is 5. The Hall–Kier alpha value is -2.15. The Bertz CT molecular complexity index is 457. The first-order chi connectivity index (χ1) is 8.93. The average Bonchev–Trinajstić information content (AvgIpc) is 2.35. The van der Waals surface area contributed by atoms with Gasteiger partial charge in [0.15, 0.2) is 0 Å². The SMILES string of the molecule is C/C(N)=C/N(N)C(CF)Cc1ccc([N+](=O)[O-])cc1. The van der Waals surface area contributed by atoms with E-state index in [4.69, 9.17) is 11.6 Å². The van der Waals surface area contributed by atoms with Crippen molar-refractivity contribution < 1.29 is 9.31 Å². The molecule has 1 unspecified atom stereocenters. The lowest BCUT2D eigenvalue weighted by Gasteiger charge is -2.24. The van der Waals surface area contributed by atoms with E-state index in [2.05, 4.69) is 0 Å². The van der Waals surface area contributed by atoms with E-state index in [1.807, 2.05) is 0 Å². The Morgan fingerprint density at radius 1 is 1.53 bits per heavy atom. The van der Waals surface area contributed by atoms with Crippen LogP contribution < -0.4 is 11.6 Å². The molecule has 0 aliphatic carbocycles. The molecule has 0 fully saturated rings. The molecule has 7 heteroatoms. The minimum Gasteiger partial charge on any atom is -0.401 e. The zero-order valence-corrected chi connectivity index (χ0v) is 10.6. The molecule has 1 atom stereocenters. The van der Waals surface area contributed by atoms with Crippen LogP contribution in [0, 0.1) is 10.1 Å². The van der Waals surface area contributed by atoms with Crippen LogP contribution in [0.3, 0.4) is 0 Å². The third kappa shape index (κ3) is 4.55. The van der Waals surface area contributed by atoms with E-state index in [0.717, 1.165) is 5.56 Å². The predicted molar refractivity (Wildman–Crippen MR) is 70.5 cm³/mol. The third-order valence-electron chi connectivity index (χ3n) is 2.57. The van der Waals surface area contributed by atoms with E-state index in [1.165, 1.54) is 23.3 Å². The van der Waals surface area contributed by atoms with Crippen molar-refractivity contribution in [1.82, 2.24) is 5.01 Å². The molecule has 0 aromatic heterocycles. The quantitative estimate of drug-likeness (QED) is 0.462. The van der Waals surface area contributed by atoms with Crippen molar-refractivity contribution in [3.63, 3.8) is 0 Å². The number of hydrazine groups is 1. The van der Waals surface area contributed by atoms with Crippen LogP contribution in [0.4, 0.5) is 10.1 Å². The van der Waals surface area contributed by atoms with Crippen molar-refractivity contribution in [2.24, 2.45) is 11.6 Å². The zero-order chi connectivity index (χ0) is 14.4. The van der Waals surface area contributed by atoms with Gasteiger partial charge in [-0.2, -0.15) is 0 Å². The number of non-ortho nitro benzene ring substituents is 1. The van der Waals surface area contributed by atoms with Gasteiger partial charge < -0.3 is 10.7 Å². The van der Waals surface area contributed by atoms with Gasteiger partial charge in [-0.1, -0.05) is 12.1 Å². The van der Waals surface area contributed by atoms with E-state index in [1.54, 1.807) is 19.1 Å². The van der Waals surface area contributed by atoms with Gasteiger partial charge in [-0.3, -0.25) is 10.1 Å². The fourth-order valence-electron chi connectivity index (χ4n) is 1.61. The molecule has 0 amide bonds. The summed E-state index contributed by atoms with van der Waals surface area (Å²) in [6.45, 7) is 1.01. The summed E-state index contributed by atoms with van der Waals surface area (Å²) in [5, 5.41) is 11.7. The summed E-state index contributed by atoms with van der Waals surface area (Å²) in [4.78, 5) is 10.0. The van der Waals surface area contributed by atoms with Crippen molar-refractivity contribution in [2.75, 3.05) is 6.67 Å². The molecule has 0 spiro atoms. The Labute approximate surface area is 110 Å². The summed E-state index contributed by atoms with van der Waals surface area (Å²) < 4.78 is 13.0. The number of rotatable bonds is 6. The molecule has 0 saturated heterocycles. The number of benzene rings is 1. The number of nitrogens with two attached hydrogens (primary N) is 2. The minimum atomic E-state index is -0.642. The molecule has 0 radical (unpaired) electrons. The van der Waals surface area contributed by atoms with Gasteiger partial charge in [-0.15, -0.1) is 0 Å². The molecule has 1 aromatic rings. The van der Waals surface area contributed by atoms with Crippen LogP contribution in [0.2, 0.25) is 0 Å². The molecule has 104 valence electrons. The number of hydrogen-bond donors (Lipinski definition) is 2. The highest BCUT2D eigenvalue weighted by Gasteiger charge is 2.14. The molecule has 0 heterocycles. The van der Waals surface area contributed by atoms with Crippen molar-refractivity contribution in [2.45, 2.75) is 19.4 Å². The van der Waals surface area contributed by atoms with Crippen molar-refractivity contribution >= 4 is 5.69 Å². The standard InChI is InChI=1S/C12H17FN4O2/c1-9(14)8-16(15)12(7-13)6-10-2-4-11(5-3-10)17(18)19/h2-5,8,12H,6-7,14-15H2,1H3/b9-8-. The zero-order valence-electron chi connectivity index (χ0n) is 10.6. The third-order valence-corrected chi connectivity index (χ3v) is 2.57. The largest absolute Gasteiger partial charge is 0.401 e. The molecule has 1 aromatic carbocycles. The predicted octanol–water partition coefficient (Wildman–Crippen LogP) is 1.47. The molecule has 0 aliphatic rings. The fourth-order valence-corrected chi connectivity index (χ4v) is 1.61. The second kappa shape index (κ2) is 6.69. The van der Waals surface area contributed by atoms with E-state index in [-0.39, 0.29) is 5.69 Å². The average molecular weight is 268 g/mol. The van der Waals surface area contributed by atoms with Gasteiger partial charge in [0.25, 0.3) is 5.69 Å². The number of nitro benzene ring substituents is 1. The van der Waals surface area contributed by atoms with Crippen LogP contribution in [0.5, 0.6) is 0 Å². The first-order valence-electron chi connectivity index (χ1n) is 5.70. The molecule has 4 N–H and O–H groups in total. The van der Waals surface area contributed by atoms with E-state index in [0.29, 0.717) is 12.1 Å². The first-order valence-corrected chi connectivity index (χ1v) is 5.70. The highest BCUT2D eigenvalue weighted by Crippen LogP contribution is 2.14. The maximum absolute atomic E-state index is 13.0. The molecular weight excluding hydrogens is 251 g/mol. The molecule has 0 aliphatic heterocycles. The number of allylic oxidation sites excluding steroid dienone is 1. The molecule has 6 nitrogen and oxygen atoms in total. The highest BCUT2D eigenvalue weighted by atomic mass is 19.1. The number of halogens is 1. The van der Waals surface area contributed by atoms with Crippen LogP contribution >= 0.6 is 0 Å². The van der Waals surface area contributed by atoms with E-state index < -0.39 is 17.6 Å².